The number of benzene rings is 1. The molecule has 0 radical (unpaired) electrons. The van der Waals surface area contributed by atoms with Gasteiger partial charge in [-0.3, -0.25) is 9.78 Å². The minimum atomic E-state index is -0.287. The number of rotatable bonds is 4. The van der Waals surface area contributed by atoms with Gasteiger partial charge in [0, 0.05) is 11.3 Å². The second-order valence-corrected chi connectivity index (χ2v) is 5.60. The van der Waals surface area contributed by atoms with Crippen LogP contribution in [0.1, 0.15) is 27.3 Å². The lowest BCUT2D eigenvalue weighted by atomic mass is 10.1. The Morgan fingerprint density at radius 2 is 1.83 bits per heavy atom. The van der Waals surface area contributed by atoms with Crippen LogP contribution in [-0.4, -0.2) is 25.1 Å². The van der Waals surface area contributed by atoms with E-state index in [1.807, 2.05) is 26.8 Å². The Morgan fingerprint density at radius 1 is 1.13 bits per heavy atom. The fraction of sp³-hybridized carbons (Fsp3) is 0.294. The molecule has 0 saturated heterocycles. The summed E-state index contributed by atoms with van der Waals surface area (Å²) in [7, 11) is 2.99. The van der Waals surface area contributed by atoms with Gasteiger partial charge in [-0.2, -0.15) is 0 Å². The molecule has 1 amide bonds. The van der Waals surface area contributed by atoms with E-state index in [2.05, 4.69) is 10.3 Å². The van der Waals surface area contributed by atoms with E-state index >= 15 is 0 Å². The first kappa shape index (κ1) is 17.1. The Morgan fingerprint density at radius 3 is 2.39 bits per heavy atom. The second-order valence-electron chi connectivity index (χ2n) is 5.19. The van der Waals surface area contributed by atoms with Crippen LogP contribution in [0.25, 0.3) is 0 Å². The highest BCUT2D eigenvalue weighted by molar-refractivity contribution is 6.32. The van der Waals surface area contributed by atoms with E-state index in [1.54, 1.807) is 12.1 Å². The van der Waals surface area contributed by atoms with Crippen molar-refractivity contribution in [3.8, 4) is 11.5 Å². The molecule has 0 aliphatic carbocycles. The van der Waals surface area contributed by atoms with Crippen molar-refractivity contribution in [1.29, 1.82) is 0 Å². The summed E-state index contributed by atoms with van der Waals surface area (Å²) in [6.07, 6.45) is 0. The lowest BCUT2D eigenvalue weighted by Crippen LogP contribution is -2.15. The molecular weight excluding hydrogens is 316 g/mol. The minimum absolute atomic E-state index is 0.287. The van der Waals surface area contributed by atoms with E-state index in [9.17, 15) is 4.79 Å². The zero-order chi connectivity index (χ0) is 17.1. The van der Waals surface area contributed by atoms with E-state index < -0.39 is 0 Å². The van der Waals surface area contributed by atoms with Gasteiger partial charge in [0.2, 0.25) is 0 Å². The van der Waals surface area contributed by atoms with Gasteiger partial charge in [-0.05, 0) is 44.5 Å². The Kier molecular flexibility index (Phi) is 5.11. The average Bonchev–Trinajstić information content (AvgIpc) is 2.49. The maximum atomic E-state index is 12.5. The number of ether oxygens (including phenoxy) is 2. The fourth-order valence-electron chi connectivity index (χ4n) is 2.45. The maximum absolute atomic E-state index is 12.5. The number of amides is 1. The minimum Gasteiger partial charge on any atom is -0.493 e. The maximum Gasteiger partial charge on any atom is 0.255 e. The molecule has 5 nitrogen and oxygen atoms in total. The summed E-state index contributed by atoms with van der Waals surface area (Å²) in [5.74, 6) is 0.514. The molecule has 1 aromatic heterocycles. The molecule has 122 valence electrons. The Hall–Kier alpha value is -2.27. The van der Waals surface area contributed by atoms with Gasteiger partial charge in [-0.1, -0.05) is 11.6 Å². The third-order valence-corrected chi connectivity index (χ3v) is 3.74. The summed E-state index contributed by atoms with van der Waals surface area (Å²) < 4.78 is 10.4. The van der Waals surface area contributed by atoms with Gasteiger partial charge in [0.05, 0.1) is 30.6 Å². The molecule has 1 aromatic carbocycles. The summed E-state index contributed by atoms with van der Waals surface area (Å²) in [5, 5.41) is 3.19. The number of nitrogens with one attached hydrogen (secondary N) is 1. The van der Waals surface area contributed by atoms with Gasteiger partial charge < -0.3 is 14.8 Å². The van der Waals surface area contributed by atoms with Crippen LogP contribution < -0.4 is 14.8 Å². The quantitative estimate of drug-likeness (QED) is 0.920. The number of pyridine rings is 1. The first-order chi connectivity index (χ1) is 10.9. The fourth-order valence-corrected chi connectivity index (χ4v) is 2.74. The smallest absolute Gasteiger partial charge is 0.255 e. The van der Waals surface area contributed by atoms with Crippen molar-refractivity contribution in [3.63, 3.8) is 0 Å². The number of methoxy groups -OCH3 is 2. The first-order valence-corrected chi connectivity index (χ1v) is 7.43. The Bertz CT molecular complexity index is 737. The molecule has 0 bridgehead atoms. The average molecular weight is 335 g/mol. The molecular formula is C17H19ClN2O3. The summed E-state index contributed by atoms with van der Waals surface area (Å²) in [5.41, 5.74) is 3.71. The van der Waals surface area contributed by atoms with Gasteiger partial charge in [0.15, 0.2) is 11.5 Å². The topological polar surface area (TPSA) is 60.5 Å². The number of aryl methyl sites for hydroxylation is 3. The zero-order valence-corrected chi connectivity index (χ0v) is 14.5. The number of carbonyl (C=O) groups is 1. The second kappa shape index (κ2) is 6.87. The van der Waals surface area contributed by atoms with Crippen molar-refractivity contribution in [3.05, 3.63) is 45.7 Å². The van der Waals surface area contributed by atoms with E-state index in [4.69, 9.17) is 21.1 Å². The van der Waals surface area contributed by atoms with Crippen molar-refractivity contribution in [1.82, 2.24) is 4.98 Å². The molecule has 0 unspecified atom stereocenters. The molecule has 0 aliphatic rings. The largest absolute Gasteiger partial charge is 0.493 e. The van der Waals surface area contributed by atoms with Crippen LogP contribution in [0.4, 0.5) is 5.69 Å². The van der Waals surface area contributed by atoms with Crippen LogP contribution >= 0.6 is 11.6 Å². The van der Waals surface area contributed by atoms with Crippen molar-refractivity contribution >= 4 is 23.2 Å². The number of aromatic nitrogens is 1. The molecule has 2 rings (SSSR count). The molecule has 0 atom stereocenters. The monoisotopic (exact) mass is 334 g/mol. The third-order valence-electron chi connectivity index (χ3n) is 3.46. The molecule has 0 saturated carbocycles. The van der Waals surface area contributed by atoms with Crippen molar-refractivity contribution < 1.29 is 14.3 Å². The molecule has 6 heteroatoms. The summed E-state index contributed by atoms with van der Waals surface area (Å²) in [6, 6.07) is 5.06. The molecule has 2 aromatic rings. The molecule has 0 fully saturated rings. The van der Waals surface area contributed by atoms with Gasteiger partial charge >= 0.3 is 0 Å². The normalized spacial score (nSPS) is 10.3. The van der Waals surface area contributed by atoms with Gasteiger partial charge in [-0.15, -0.1) is 0 Å². The number of hydrogen-bond acceptors (Lipinski definition) is 4. The highest BCUT2D eigenvalue weighted by atomic mass is 35.5. The standard InChI is InChI=1S/C17H19ClN2O3/c1-9-6-10(2)19-11(3)15(9)20-17(21)12-7-13(18)16(23-5)14(8-12)22-4/h6-8H,1-5H3,(H,20,21). The van der Waals surface area contributed by atoms with Gasteiger partial charge in [0.25, 0.3) is 5.91 Å². The number of anilines is 1. The van der Waals surface area contributed by atoms with Crippen LogP contribution in [0, 0.1) is 20.8 Å². The number of carbonyl (C=O) groups excluding carboxylic acids is 1. The lowest BCUT2D eigenvalue weighted by Gasteiger charge is -2.14. The molecule has 1 heterocycles. The summed E-state index contributed by atoms with van der Waals surface area (Å²) in [4.78, 5) is 16.9. The molecule has 23 heavy (non-hydrogen) atoms. The lowest BCUT2D eigenvalue weighted by molar-refractivity contribution is 0.102. The van der Waals surface area contributed by atoms with Gasteiger partial charge in [0.1, 0.15) is 0 Å². The van der Waals surface area contributed by atoms with Crippen LogP contribution in [0.15, 0.2) is 18.2 Å². The summed E-state index contributed by atoms with van der Waals surface area (Å²) in [6.45, 7) is 5.70. The van der Waals surface area contributed by atoms with E-state index in [0.29, 0.717) is 27.8 Å². The highest BCUT2D eigenvalue weighted by Crippen LogP contribution is 2.36. The van der Waals surface area contributed by atoms with Crippen molar-refractivity contribution in [2.75, 3.05) is 19.5 Å². The first-order valence-electron chi connectivity index (χ1n) is 7.05. The summed E-state index contributed by atoms with van der Waals surface area (Å²) >= 11 is 6.15. The predicted octanol–water partition coefficient (Wildman–Crippen LogP) is 3.93. The van der Waals surface area contributed by atoms with E-state index in [0.717, 1.165) is 17.0 Å². The van der Waals surface area contributed by atoms with Crippen LogP contribution in [-0.2, 0) is 0 Å². The molecule has 0 spiro atoms. The van der Waals surface area contributed by atoms with Crippen LogP contribution in [0.2, 0.25) is 5.02 Å². The zero-order valence-electron chi connectivity index (χ0n) is 13.8. The Balaban J connectivity index is 2.37. The van der Waals surface area contributed by atoms with E-state index in [1.165, 1.54) is 14.2 Å². The van der Waals surface area contributed by atoms with Crippen molar-refractivity contribution in [2.24, 2.45) is 0 Å². The number of halogens is 1. The number of hydrogen-bond donors (Lipinski definition) is 1. The van der Waals surface area contributed by atoms with Crippen LogP contribution in [0.3, 0.4) is 0 Å². The van der Waals surface area contributed by atoms with E-state index in [-0.39, 0.29) is 5.91 Å². The molecule has 0 aliphatic heterocycles. The predicted molar refractivity (Wildman–Crippen MR) is 91.0 cm³/mol. The third kappa shape index (κ3) is 3.56. The van der Waals surface area contributed by atoms with Crippen molar-refractivity contribution in [2.45, 2.75) is 20.8 Å². The highest BCUT2D eigenvalue weighted by Gasteiger charge is 2.17. The SMILES string of the molecule is COc1cc(C(=O)Nc2c(C)cc(C)nc2C)cc(Cl)c1OC. The Labute approximate surface area is 140 Å². The molecule has 1 N–H and O–H groups in total. The number of nitrogens with zero attached hydrogens (tertiary/aromatic N) is 1. The van der Waals surface area contributed by atoms with Gasteiger partial charge in [-0.25, -0.2) is 0 Å². The van der Waals surface area contributed by atoms with Crippen LogP contribution in [0.5, 0.6) is 11.5 Å².